The minimum atomic E-state index is -3.60. The van der Waals surface area contributed by atoms with Crippen molar-refractivity contribution in [3.05, 3.63) is 88.1 Å². The first-order chi connectivity index (χ1) is 16.0. The third-order valence-corrected chi connectivity index (χ3v) is 7.35. The van der Waals surface area contributed by atoms with Crippen LogP contribution in [0.1, 0.15) is 39.0 Å². The Labute approximate surface area is 200 Å². The molecule has 4 rings (SSSR count). The molecule has 2 aromatic carbocycles. The van der Waals surface area contributed by atoms with E-state index in [1.165, 1.54) is 59.5 Å². The number of hydrogen-bond donors (Lipinski definition) is 0. The number of thioether (sulfide) groups is 1. The summed E-state index contributed by atoms with van der Waals surface area (Å²) in [5.74, 6) is -6.69. The Morgan fingerprint density at radius 2 is 1.59 bits per heavy atom. The summed E-state index contributed by atoms with van der Waals surface area (Å²) in [6.07, 6.45) is 0. The Kier molecular flexibility index (Phi) is 6.18. The van der Waals surface area contributed by atoms with Crippen LogP contribution in [-0.2, 0) is 17.6 Å². The minimum absolute atomic E-state index is 0.0470. The molecule has 0 saturated heterocycles. The lowest BCUT2D eigenvalue weighted by atomic mass is 10.1. The zero-order valence-corrected chi connectivity index (χ0v) is 19.2. The van der Waals surface area contributed by atoms with Crippen molar-refractivity contribution >= 4 is 33.9 Å². The summed E-state index contributed by atoms with van der Waals surface area (Å²) in [6, 6.07) is 11.8. The maximum Gasteiger partial charge on any atom is 0.357 e. The van der Waals surface area contributed by atoms with E-state index < -0.39 is 23.2 Å². The van der Waals surface area contributed by atoms with E-state index >= 15 is 0 Å². The lowest BCUT2D eigenvalue weighted by molar-refractivity contribution is 0.0174. The fourth-order valence-electron chi connectivity index (χ4n) is 3.17. The van der Waals surface area contributed by atoms with Gasteiger partial charge in [-0.25, -0.2) is 18.8 Å². The molecule has 172 valence electrons. The monoisotopic (exact) mass is 501 g/mol. The number of fused-ring (bicyclic) bond motifs is 1. The summed E-state index contributed by atoms with van der Waals surface area (Å²) in [7, 11) is 0. The minimum Gasteiger partial charge on any atom is -0.285 e. The number of halogens is 4. The van der Waals surface area contributed by atoms with Gasteiger partial charge < -0.3 is 0 Å². The van der Waals surface area contributed by atoms with Gasteiger partial charge in [-0.05, 0) is 0 Å². The number of alkyl halides is 4. The lowest BCUT2D eigenvalue weighted by Gasteiger charge is -2.13. The smallest absolute Gasteiger partial charge is 0.285 e. The quantitative estimate of drug-likeness (QED) is 0.287. The van der Waals surface area contributed by atoms with Crippen LogP contribution in [0.15, 0.2) is 65.8 Å². The average molecular weight is 502 g/mol. The molecule has 0 bridgehead atoms. The van der Waals surface area contributed by atoms with Crippen molar-refractivity contribution in [1.29, 1.82) is 5.26 Å². The molecule has 0 amide bonds. The molecule has 34 heavy (non-hydrogen) atoms. The molecule has 0 fully saturated rings. The van der Waals surface area contributed by atoms with Gasteiger partial charge in [0.05, 0.1) is 0 Å². The van der Waals surface area contributed by atoms with E-state index in [1.54, 1.807) is 0 Å². The number of rotatable bonds is 4. The largest absolute Gasteiger partial charge is 0.357 e. The maximum absolute atomic E-state index is 13.6. The van der Waals surface area contributed by atoms with Crippen LogP contribution in [0.4, 0.5) is 17.6 Å². The van der Waals surface area contributed by atoms with E-state index in [4.69, 9.17) is 5.26 Å². The number of benzene rings is 2. The van der Waals surface area contributed by atoms with E-state index in [9.17, 15) is 22.4 Å². The Hall–Kier alpha value is -3.29. The Bertz CT molecular complexity index is 1350. The van der Waals surface area contributed by atoms with Crippen LogP contribution >= 0.6 is 23.1 Å². The fraction of sp³-hybridized carbons (Fsp3) is 0.167. The molecule has 0 spiro atoms. The normalized spacial score (nSPS) is 14.6. The highest BCUT2D eigenvalue weighted by atomic mass is 32.2. The first-order valence-corrected chi connectivity index (χ1v) is 11.6. The van der Waals surface area contributed by atoms with Crippen LogP contribution in [0.5, 0.6) is 0 Å². The number of carbonyl (C=O) groups excluding carboxylic acids is 1. The highest BCUT2D eigenvalue weighted by molar-refractivity contribution is 8.13. The number of nitrogens with zero attached hydrogens (tertiary/aromatic N) is 3. The molecule has 1 aliphatic rings. The first-order valence-electron chi connectivity index (χ1n) is 9.83. The van der Waals surface area contributed by atoms with Crippen molar-refractivity contribution in [2.75, 3.05) is 0 Å². The van der Waals surface area contributed by atoms with E-state index in [0.717, 1.165) is 25.1 Å². The molecule has 2 heterocycles. The molecule has 1 aliphatic heterocycles. The zero-order valence-electron chi connectivity index (χ0n) is 17.6. The van der Waals surface area contributed by atoms with Crippen molar-refractivity contribution in [2.45, 2.75) is 24.5 Å². The van der Waals surface area contributed by atoms with Crippen LogP contribution in [0.25, 0.3) is 10.6 Å². The number of allylic oxidation sites excluding steroid dienone is 1. The molecule has 0 radical (unpaired) electrons. The van der Waals surface area contributed by atoms with Crippen LogP contribution < -0.4 is 0 Å². The predicted molar refractivity (Wildman–Crippen MR) is 124 cm³/mol. The third-order valence-electron chi connectivity index (χ3n) is 5.02. The highest BCUT2D eigenvalue weighted by Crippen LogP contribution is 2.36. The van der Waals surface area contributed by atoms with Gasteiger partial charge in [-0.2, -0.15) is 14.0 Å². The van der Waals surface area contributed by atoms with Gasteiger partial charge in [0.25, 0.3) is 5.92 Å². The van der Waals surface area contributed by atoms with Gasteiger partial charge in [0, 0.05) is 39.8 Å². The van der Waals surface area contributed by atoms with E-state index in [1.807, 2.05) is 0 Å². The molecule has 0 aliphatic carbocycles. The van der Waals surface area contributed by atoms with Gasteiger partial charge in [0.15, 0.2) is 0 Å². The van der Waals surface area contributed by atoms with Gasteiger partial charge in [0.1, 0.15) is 27.5 Å². The van der Waals surface area contributed by atoms with Gasteiger partial charge in [-0.1, -0.05) is 55.1 Å². The second-order valence-electron chi connectivity index (χ2n) is 7.50. The zero-order chi connectivity index (χ0) is 24.7. The topological polar surface area (TPSA) is 66.1 Å². The number of aromatic nitrogens is 1. The molecule has 0 saturated carbocycles. The molecule has 0 atom stereocenters. The van der Waals surface area contributed by atoms with Crippen LogP contribution in [-0.4, -0.2) is 15.8 Å². The number of nitriles is 1. The molecule has 3 aromatic rings. The SMILES string of the molecule is C=C1N=C(c2ccc(C(C)(F)F)cc2)SCc2sc(-c3ccc(C(F)(F)C#N)cc3)nc2C1=O. The summed E-state index contributed by atoms with van der Waals surface area (Å²) >= 11 is 2.55. The summed E-state index contributed by atoms with van der Waals surface area (Å²) in [5.41, 5.74) is 0.681. The van der Waals surface area contributed by atoms with Crippen LogP contribution in [0.2, 0.25) is 0 Å². The predicted octanol–water partition coefficient (Wildman–Crippen LogP) is 6.93. The lowest BCUT2D eigenvalue weighted by Crippen LogP contribution is -2.11. The second-order valence-corrected chi connectivity index (χ2v) is 9.55. The van der Waals surface area contributed by atoms with Crippen molar-refractivity contribution < 1.29 is 22.4 Å². The summed E-state index contributed by atoms with van der Waals surface area (Å²) in [4.78, 5) is 22.3. The van der Waals surface area contributed by atoms with E-state index in [-0.39, 0.29) is 17.0 Å². The van der Waals surface area contributed by atoms with Crippen LogP contribution in [0, 0.1) is 11.3 Å². The second kappa shape index (κ2) is 8.81. The maximum atomic E-state index is 13.6. The molecule has 1 aromatic heterocycles. The number of ketones is 1. The number of hydrogen-bond acceptors (Lipinski definition) is 6. The average Bonchev–Trinajstić information content (AvgIpc) is 3.23. The van der Waals surface area contributed by atoms with E-state index in [2.05, 4.69) is 16.6 Å². The highest BCUT2D eigenvalue weighted by Gasteiger charge is 2.31. The summed E-state index contributed by atoms with van der Waals surface area (Å²) in [5, 5.41) is 9.52. The fourth-order valence-corrected chi connectivity index (χ4v) is 5.32. The Morgan fingerprint density at radius 1 is 1.00 bits per heavy atom. The number of aliphatic imine (C=N–C) groups is 1. The molecular weight excluding hydrogens is 486 g/mol. The molecule has 10 heteroatoms. The summed E-state index contributed by atoms with van der Waals surface area (Å²) in [6.45, 7) is 4.55. The molecule has 4 nitrogen and oxygen atoms in total. The van der Waals surface area contributed by atoms with Crippen molar-refractivity contribution in [2.24, 2.45) is 4.99 Å². The number of Topliss-reactive ketones (excluding diaryl/α,β-unsaturated/α-hetero) is 1. The standard InChI is InChI=1S/C24H15F4N3OS2/c1-13-20(32)19-18(11-33-21(30-13)14-3-7-16(8-4-14)23(2,25)26)34-22(31-19)15-5-9-17(10-6-15)24(27,28)12-29/h3-10H,1,11H2,2H3. The van der Waals surface area contributed by atoms with Crippen molar-refractivity contribution in [1.82, 2.24) is 4.98 Å². The van der Waals surface area contributed by atoms with Gasteiger partial charge in [0.2, 0.25) is 5.78 Å². The number of carbonyl (C=O) groups is 1. The van der Waals surface area contributed by atoms with Gasteiger partial charge in [-0.3, -0.25) is 4.79 Å². The van der Waals surface area contributed by atoms with Crippen molar-refractivity contribution in [3.8, 4) is 16.6 Å². The van der Waals surface area contributed by atoms with E-state index in [0.29, 0.717) is 31.8 Å². The third kappa shape index (κ3) is 4.67. The van der Waals surface area contributed by atoms with Gasteiger partial charge in [-0.15, -0.1) is 23.1 Å². The number of thiazole rings is 1. The Morgan fingerprint density at radius 3 is 2.18 bits per heavy atom. The summed E-state index contributed by atoms with van der Waals surface area (Å²) < 4.78 is 54.2. The molecule has 0 N–H and O–H groups in total. The first kappa shape index (κ1) is 23.9. The Balaban J connectivity index is 1.62. The molecule has 0 unspecified atom stereocenters. The van der Waals surface area contributed by atoms with Crippen molar-refractivity contribution in [3.63, 3.8) is 0 Å². The van der Waals surface area contributed by atoms with Crippen LogP contribution in [0.3, 0.4) is 0 Å². The van der Waals surface area contributed by atoms with Gasteiger partial charge >= 0.3 is 5.92 Å². The molecular formula is C24H15F4N3OS2.